The van der Waals surface area contributed by atoms with Gasteiger partial charge in [-0.25, -0.2) is 4.68 Å². The normalized spacial score (nSPS) is 11.8. The summed E-state index contributed by atoms with van der Waals surface area (Å²) >= 11 is 0. The minimum Gasteiger partial charge on any atom is -0.399 e. The minimum atomic E-state index is -4.50. The zero-order valence-corrected chi connectivity index (χ0v) is 11.7. The number of hydrogen-bond donors (Lipinski definition) is 1. The predicted octanol–water partition coefficient (Wildman–Crippen LogP) is 3.48. The largest absolute Gasteiger partial charge is 0.435 e. The maximum Gasteiger partial charge on any atom is 0.435 e. The standard InChI is InChI=1S/C15H13F3N4/c1-21-7-6-10(9-21)13-8-14(15(16,17)18)20-22(13)12-4-2-11(19)3-5-12/h2-9H,19H2,1H3. The Morgan fingerprint density at radius 3 is 2.32 bits per heavy atom. The van der Waals surface area contributed by atoms with Crippen molar-refractivity contribution >= 4 is 5.69 Å². The van der Waals surface area contributed by atoms with E-state index in [-0.39, 0.29) is 0 Å². The van der Waals surface area contributed by atoms with Crippen LogP contribution < -0.4 is 5.73 Å². The average Bonchev–Trinajstić information content (AvgIpc) is 3.05. The third-order valence-corrected chi connectivity index (χ3v) is 3.27. The first-order valence-electron chi connectivity index (χ1n) is 6.50. The third kappa shape index (κ3) is 2.57. The highest BCUT2D eigenvalue weighted by atomic mass is 19.4. The maximum absolute atomic E-state index is 13.0. The highest BCUT2D eigenvalue weighted by Gasteiger charge is 2.35. The summed E-state index contributed by atoms with van der Waals surface area (Å²) in [7, 11) is 1.80. The highest BCUT2D eigenvalue weighted by Crippen LogP contribution is 2.33. The fraction of sp³-hybridized carbons (Fsp3) is 0.133. The first-order valence-corrected chi connectivity index (χ1v) is 6.50. The van der Waals surface area contributed by atoms with E-state index in [2.05, 4.69) is 5.10 Å². The molecule has 0 saturated carbocycles. The summed E-state index contributed by atoms with van der Waals surface area (Å²) in [6.45, 7) is 0. The second kappa shape index (κ2) is 4.94. The molecule has 0 atom stereocenters. The molecule has 0 radical (unpaired) electrons. The quantitative estimate of drug-likeness (QED) is 0.737. The van der Waals surface area contributed by atoms with Gasteiger partial charge in [0, 0.05) is 30.7 Å². The van der Waals surface area contributed by atoms with Crippen LogP contribution in [0.5, 0.6) is 0 Å². The second-order valence-corrected chi connectivity index (χ2v) is 4.98. The molecule has 0 unspecified atom stereocenters. The molecule has 114 valence electrons. The smallest absolute Gasteiger partial charge is 0.399 e. The number of aryl methyl sites for hydroxylation is 1. The van der Waals surface area contributed by atoms with Crippen molar-refractivity contribution in [3.05, 3.63) is 54.5 Å². The summed E-state index contributed by atoms with van der Waals surface area (Å²) in [5, 5.41) is 3.71. The van der Waals surface area contributed by atoms with Crippen LogP contribution >= 0.6 is 0 Å². The Morgan fingerprint density at radius 2 is 1.77 bits per heavy atom. The molecule has 0 aliphatic carbocycles. The summed E-state index contributed by atoms with van der Waals surface area (Å²) in [6.07, 6.45) is -0.990. The van der Waals surface area contributed by atoms with E-state index in [4.69, 9.17) is 5.73 Å². The summed E-state index contributed by atoms with van der Waals surface area (Å²) < 4.78 is 42.0. The van der Waals surface area contributed by atoms with Gasteiger partial charge in [0.15, 0.2) is 5.69 Å². The van der Waals surface area contributed by atoms with Crippen molar-refractivity contribution in [2.75, 3.05) is 5.73 Å². The van der Waals surface area contributed by atoms with Crippen molar-refractivity contribution < 1.29 is 13.2 Å². The number of aromatic nitrogens is 3. The van der Waals surface area contributed by atoms with Crippen LogP contribution in [0.3, 0.4) is 0 Å². The van der Waals surface area contributed by atoms with Crippen molar-refractivity contribution in [2.24, 2.45) is 7.05 Å². The highest BCUT2D eigenvalue weighted by molar-refractivity contribution is 5.63. The first-order chi connectivity index (χ1) is 10.3. The SMILES string of the molecule is Cn1ccc(-c2cc(C(F)(F)F)nn2-c2ccc(N)cc2)c1. The number of rotatable bonds is 2. The van der Waals surface area contributed by atoms with E-state index < -0.39 is 11.9 Å². The van der Waals surface area contributed by atoms with Gasteiger partial charge < -0.3 is 10.3 Å². The second-order valence-electron chi connectivity index (χ2n) is 4.98. The fourth-order valence-corrected chi connectivity index (χ4v) is 2.19. The van der Waals surface area contributed by atoms with Gasteiger partial charge in [-0.3, -0.25) is 0 Å². The number of nitrogens with zero attached hydrogens (tertiary/aromatic N) is 3. The number of hydrogen-bond acceptors (Lipinski definition) is 2. The van der Waals surface area contributed by atoms with E-state index in [1.165, 1.54) is 4.68 Å². The minimum absolute atomic E-state index is 0.373. The number of anilines is 1. The van der Waals surface area contributed by atoms with Crippen LogP contribution in [0.15, 0.2) is 48.8 Å². The van der Waals surface area contributed by atoms with Gasteiger partial charge in [0.25, 0.3) is 0 Å². The number of halogens is 3. The molecule has 0 amide bonds. The van der Waals surface area contributed by atoms with E-state index in [9.17, 15) is 13.2 Å². The summed E-state index contributed by atoms with van der Waals surface area (Å²) in [6, 6.07) is 9.30. The lowest BCUT2D eigenvalue weighted by atomic mass is 10.2. The van der Waals surface area contributed by atoms with Crippen LogP contribution in [0.25, 0.3) is 16.9 Å². The fourth-order valence-electron chi connectivity index (χ4n) is 2.19. The average molecular weight is 306 g/mol. The Balaban J connectivity index is 2.18. The van der Waals surface area contributed by atoms with E-state index in [0.717, 1.165) is 6.07 Å². The lowest BCUT2D eigenvalue weighted by molar-refractivity contribution is -0.141. The van der Waals surface area contributed by atoms with Crippen LogP contribution in [0.2, 0.25) is 0 Å². The molecule has 1 aromatic carbocycles. The Kier molecular flexibility index (Phi) is 3.20. The Labute approximate surface area is 124 Å². The Morgan fingerprint density at radius 1 is 1.09 bits per heavy atom. The number of benzene rings is 1. The molecule has 0 saturated heterocycles. The molecule has 22 heavy (non-hydrogen) atoms. The first kappa shape index (κ1) is 14.2. The number of nitrogens with two attached hydrogens (primary N) is 1. The van der Waals surface area contributed by atoms with Gasteiger partial charge in [0.2, 0.25) is 0 Å². The maximum atomic E-state index is 13.0. The van der Waals surface area contributed by atoms with Gasteiger partial charge in [-0.05, 0) is 36.4 Å². The van der Waals surface area contributed by atoms with Gasteiger partial charge in [-0.2, -0.15) is 18.3 Å². The molecule has 0 aliphatic heterocycles. The zero-order chi connectivity index (χ0) is 15.9. The van der Waals surface area contributed by atoms with Gasteiger partial charge in [-0.1, -0.05) is 0 Å². The van der Waals surface area contributed by atoms with Gasteiger partial charge in [-0.15, -0.1) is 0 Å². The predicted molar refractivity (Wildman–Crippen MR) is 77.4 cm³/mol. The van der Waals surface area contributed by atoms with E-state index in [1.54, 1.807) is 54.3 Å². The number of nitrogen functional groups attached to an aromatic ring is 1. The summed E-state index contributed by atoms with van der Waals surface area (Å²) in [5.41, 5.74) is 6.77. The zero-order valence-electron chi connectivity index (χ0n) is 11.7. The van der Waals surface area contributed by atoms with Crippen molar-refractivity contribution in [2.45, 2.75) is 6.18 Å². The van der Waals surface area contributed by atoms with Crippen LogP contribution in [0, 0.1) is 0 Å². The molecule has 2 aromatic heterocycles. The molecule has 3 rings (SSSR count). The van der Waals surface area contributed by atoms with Gasteiger partial charge >= 0.3 is 6.18 Å². The monoisotopic (exact) mass is 306 g/mol. The molecule has 7 heteroatoms. The number of alkyl halides is 3. The van der Waals surface area contributed by atoms with Crippen molar-refractivity contribution in [1.29, 1.82) is 0 Å². The molecule has 2 heterocycles. The Bertz CT molecular complexity index is 797. The molecular weight excluding hydrogens is 293 g/mol. The van der Waals surface area contributed by atoms with Gasteiger partial charge in [0.05, 0.1) is 11.4 Å². The van der Waals surface area contributed by atoms with E-state index in [0.29, 0.717) is 22.6 Å². The molecule has 0 aliphatic rings. The molecule has 0 bridgehead atoms. The Hall–Kier alpha value is -2.70. The molecule has 0 fully saturated rings. The molecular formula is C15H13F3N4. The molecule has 4 nitrogen and oxygen atoms in total. The molecule has 0 spiro atoms. The van der Waals surface area contributed by atoms with Crippen molar-refractivity contribution in [3.8, 4) is 16.9 Å². The van der Waals surface area contributed by atoms with Crippen LogP contribution in [0.1, 0.15) is 5.69 Å². The van der Waals surface area contributed by atoms with Crippen molar-refractivity contribution in [1.82, 2.24) is 14.3 Å². The van der Waals surface area contributed by atoms with E-state index in [1.807, 2.05) is 0 Å². The third-order valence-electron chi connectivity index (χ3n) is 3.27. The summed E-state index contributed by atoms with van der Waals surface area (Å²) in [4.78, 5) is 0. The lowest BCUT2D eigenvalue weighted by Gasteiger charge is -2.06. The van der Waals surface area contributed by atoms with Gasteiger partial charge in [0.1, 0.15) is 0 Å². The van der Waals surface area contributed by atoms with E-state index >= 15 is 0 Å². The lowest BCUT2D eigenvalue weighted by Crippen LogP contribution is -2.07. The van der Waals surface area contributed by atoms with Crippen molar-refractivity contribution in [3.63, 3.8) is 0 Å². The topological polar surface area (TPSA) is 48.8 Å². The molecule has 3 aromatic rings. The molecule has 2 N–H and O–H groups in total. The summed E-state index contributed by atoms with van der Waals surface area (Å²) in [5.74, 6) is 0. The van der Waals surface area contributed by atoms with Crippen LogP contribution in [-0.4, -0.2) is 14.3 Å². The van der Waals surface area contributed by atoms with Crippen LogP contribution in [-0.2, 0) is 13.2 Å². The van der Waals surface area contributed by atoms with Crippen LogP contribution in [0.4, 0.5) is 18.9 Å².